The molecule has 4 heteroatoms. The first-order chi connectivity index (χ1) is 7.79. The van der Waals surface area contributed by atoms with E-state index in [9.17, 15) is 0 Å². The van der Waals surface area contributed by atoms with Crippen LogP contribution in [0.5, 0.6) is 0 Å². The molecule has 4 nitrogen and oxygen atoms in total. The molecule has 0 radical (unpaired) electrons. The predicted octanol–water partition coefficient (Wildman–Crippen LogP) is 1.25. The van der Waals surface area contributed by atoms with Crippen LogP contribution in [0.2, 0.25) is 0 Å². The maximum absolute atomic E-state index is 5.80. The van der Waals surface area contributed by atoms with Gasteiger partial charge in [0.2, 0.25) is 0 Å². The van der Waals surface area contributed by atoms with Crippen LogP contribution in [0.4, 0.5) is 0 Å². The van der Waals surface area contributed by atoms with E-state index < -0.39 is 0 Å². The number of rotatable bonds is 5. The van der Waals surface area contributed by atoms with Gasteiger partial charge in [-0.2, -0.15) is 0 Å². The molecule has 2 heterocycles. The van der Waals surface area contributed by atoms with Gasteiger partial charge >= 0.3 is 0 Å². The number of likely N-dealkylation sites (N-methyl/N-ethyl adjacent to an activating group) is 1. The van der Waals surface area contributed by atoms with E-state index in [1.54, 1.807) is 0 Å². The van der Waals surface area contributed by atoms with Gasteiger partial charge in [-0.15, -0.1) is 0 Å². The largest absolute Gasteiger partial charge is 0.445 e. The molecular weight excluding hydrogens is 202 g/mol. The molecule has 2 rings (SSSR count). The Morgan fingerprint density at radius 2 is 2.50 bits per heavy atom. The van der Waals surface area contributed by atoms with Crippen LogP contribution >= 0.6 is 0 Å². The topological polar surface area (TPSA) is 41.3 Å². The number of aromatic nitrogens is 1. The Hall–Kier alpha value is -0.870. The van der Waals surface area contributed by atoms with Gasteiger partial charge < -0.3 is 14.6 Å². The minimum Gasteiger partial charge on any atom is -0.445 e. The normalized spacial score (nSPS) is 21.8. The van der Waals surface area contributed by atoms with Crippen molar-refractivity contribution < 1.29 is 4.42 Å². The van der Waals surface area contributed by atoms with Gasteiger partial charge in [0.05, 0.1) is 6.20 Å². The zero-order chi connectivity index (χ0) is 11.4. The molecule has 1 aliphatic rings. The SMILES string of the molecule is CNCCCc1cnc(C2CCN(C)C2)o1. The summed E-state index contributed by atoms with van der Waals surface area (Å²) in [6.45, 7) is 3.26. The molecule has 16 heavy (non-hydrogen) atoms. The fourth-order valence-corrected chi connectivity index (χ4v) is 2.20. The molecule has 0 aromatic carbocycles. The average molecular weight is 223 g/mol. The van der Waals surface area contributed by atoms with Crippen molar-refractivity contribution in [2.24, 2.45) is 0 Å². The Morgan fingerprint density at radius 3 is 3.19 bits per heavy atom. The van der Waals surface area contributed by atoms with E-state index in [1.165, 1.54) is 6.42 Å². The van der Waals surface area contributed by atoms with Crippen molar-refractivity contribution in [2.45, 2.75) is 25.2 Å². The third-order valence-corrected chi connectivity index (χ3v) is 3.16. The summed E-state index contributed by atoms with van der Waals surface area (Å²) >= 11 is 0. The molecule has 0 spiro atoms. The Labute approximate surface area is 97.0 Å². The van der Waals surface area contributed by atoms with Gasteiger partial charge in [-0.1, -0.05) is 0 Å². The van der Waals surface area contributed by atoms with Crippen molar-refractivity contribution >= 4 is 0 Å². The van der Waals surface area contributed by atoms with Crippen LogP contribution in [0.15, 0.2) is 10.6 Å². The molecule has 0 bridgehead atoms. The van der Waals surface area contributed by atoms with Gasteiger partial charge in [0.25, 0.3) is 0 Å². The number of hydrogen-bond donors (Lipinski definition) is 1. The predicted molar refractivity (Wildman–Crippen MR) is 63.6 cm³/mol. The highest BCUT2D eigenvalue weighted by Gasteiger charge is 2.25. The van der Waals surface area contributed by atoms with Crippen molar-refractivity contribution in [3.63, 3.8) is 0 Å². The maximum Gasteiger partial charge on any atom is 0.198 e. The van der Waals surface area contributed by atoms with Crippen LogP contribution in [0.25, 0.3) is 0 Å². The number of oxazole rings is 1. The van der Waals surface area contributed by atoms with Crippen LogP contribution in [-0.2, 0) is 6.42 Å². The number of aryl methyl sites for hydroxylation is 1. The minimum absolute atomic E-state index is 0.503. The van der Waals surface area contributed by atoms with Gasteiger partial charge in [0.1, 0.15) is 5.76 Å². The summed E-state index contributed by atoms with van der Waals surface area (Å²) in [7, 11) is 4.12. The molecule has 1 aromatic rings. The van der Waals surface area contributed by atoms with E-state index in [-0.39, 0.29) is 0 Å². The van der Waals surface area contributed by atoms with Crippen LogP contribution < -0.4 is 5.32 Å². The molecular formula is C12H21N3O. The number of nitrogens with zero attached hydrogens (tertiary/aromatic N) is 2. The van der Waals surface area contributed by atoms with Gasteiger partial charge in [-0.25, -0.2) is 4.98 Å². The summed E-state index contributed by atoms with van der Waals surface area (Å²) < 4.78 is 5.80. The molecule has 0 amide bonds. The molecule has 1 unspecified atom stereocenters. The number of likely N-dealkylation sites (tertiary alicyclic amines) is 1. The number of hydrogen-bond acceptors (Lipinski definition) is 4. The lowest BCUT2D eigenvalue weighted by atomic mass is 10.1. The van der Waals surface area contributed by atoms with E-state index in [0.717, 1.165) is 44.1 Å². The van der Waals surface area contributed by atoms with Crippen LogP contribution in [0, 0.1) is 0 Å². The van der Waals surface area contributed by atoms with Gasteiger partial charge in [0, 0.05) is 18.9 Å². The zero-order valence-corrected chi connectivity index (χ0v) is 10.2. The Kier molecular flexibility index (Phi) is 3.96. The monoisotopic (exact) mass is 223 g/mol. The minimum atomic E-state index is 0.503. The lowest BCUT2D eigenvalue weighted by molar-refractivity contribution is 0.382. The van der Waals surface area contributed by atoms with Crippen molar-refractivity contribution in [3.05, 3.63) is 17.8 Å². The average Bonchev–Trinajstić information content (AvgIpc) is 2.87. The molecule has 1 N–H and O–H groups in total. The van der Waals surface area contributed by atoms with E-state index in [2.05, 4.69) is 22.2 Å². The Morgan fingerprint density at radius 1 is 1.62 bits per heavy atom. The van der Waals surface area contributed by atoms with Crippen molar-refractivity contribution in [2.75, 3.05) is 33.7 Å². The van der Waals surface area contributed by atoms with E-state index in [0.29, 0.717) is 5.92 Å². The van der Waals surface area contributed by atoms with Crippen molar-refractivity contribution in [1.29, 1.82) is 0 Å². The first-order valence-electron chi connectivity index (χ1n) is 6.07. The van der Waals surface area contributed by atoms with E-state index in [1.807, 2.05) is 13.2 Å². The molecule has 0 saturated carbocycles. The number of nitrogens with one attached hydrogen (secondary N) is 1. The standard InChI is InChI=1S/C12H21N3O/c1-13-6-3-4-11-8-14-12(16-11)10-5-7-15(2)9-10/h8,10,13H,3-7,9H2,1-2H3. The first kappa shape index (κ1) is 11.6. The summed E-state index contributed by atoms with van der Waals surface area (Å²) in [4.78, 5) is 6.73. The molecule has 90 valence electrons. The third kappa shape index (κ3) is 2.83. The lowest BCUT2D eigenvalue weighted by Crippen LogP contribution is -2.13. The molecule has 1 fully saturated rings. The van der Waals surface area contributed by atoms with Gasteiger partial charge in [-0.3, -0.25) is 0 Å². The first-order valence-corrected chi connectivity index (χ1v) is 6.07. The zero-order valence-electron chi connectivity index (χ0n) is 10.2. The van der Waals surface area contributed by atoms with E-state index >= 15 is 0 Å². The molecule has 0 aliphatic carbocycles. The van der Waals surface area contributed by atoms with Crippen LogP contribution in [0.1, 0.15) is 30.4 Å². The smallest absolute Gasteiger partial charge is 0.198 e. The summed E-state index contributed by atoms with van der Waals surface area (Å²) in [5.74, 6) is 2.46. The second-order valence-corrected chi connectivity index (χ2v) is 4.62. The van der Waals surface area contributed by atoms with Crippen LogP contribution in [-0.4, -0.2) is 43.6 Å². The lowest BCUT2D eigenvalue weighted by Gasteiger charge is -2.06. The van der Waals surface area contributed by atoms with Gasteiger partial charge in [0.15, 0.2) is 5.89 Å². The van der Waals surface area contributed by atoms with Gasteiger partial charge in [-0.05, 0) is 40.0 Å². The third-order valence-electron chi connectivity index (χ3n) is 3.16. The molecule has 1 atom stereocenters. The second-order valence-electron chi connectivity index (χ2n) is 4.62. The second kappa shape index (κ2) is 5.46. The summed E-state index contributed by atoms with van der Waals surface area (Å²) in [6, 6.07) is 0. The maximum atomic E-state index is 5.80. The summed E-state index contributed by atoms with van der Waals surface area (Å²) in [5.41, 5.74) is 0. The van der Waals surface area contributed by atoms with E-state index in [4.69, 9.17) is 4.42 Å². The molecule has 1 aromatic heterocycles. The fraction of sp³-hybridized carbons (Fsp3) is 0.750. The highest BCUT2D eigenvalue weighted by atomic mass is 16.4. The van der Waals surface area contributed by atoms with Crippen molar-refractivity contribution in [1.82, 2.24) is 15.2 Å². The molecule has 1 aliphatic heterocycles. The quantitative estimate of drug-likeness (QED) is 0.763. The highest BCUT2D eigenvalue weighted by molar-refractivity contribution is 5.02. The molecule has 1 saturated heterocycles. The summed E-state index contributed by atoms with van der Waals surface area (Å²) in [6.07, 6.45) is 5.16. The van der Waals surface area contributed by atoms with Crippen LogP contribution in [0.3, 0.4) is 0 Å². The fourth-order valence-electron chi connectivity index (χ4n) is 2.20. The highest BCUT2D eigenvalue weighted by Crippen LogP contribution is 2.25. The van der Waals surface area contributed by atoms with Crippen molar-refractivity contribution in [3.8, 4) is 0 Å². The Balaban J connectivity index is 1.87. The summed E-state index contributed by atoms with van der Waals surface area (Å²) in [5, 5.41) is 3.14. The Bertz CT molecular complexity index is 324.